The first-order valence-corrected chi connectivity index (χ1v) is 11.7. The van der Waals surface area contributed by atoms with Crippen LogP contribution in [0.5, 0.6) is 5.75 Å². The number of nitrogen functional groups attached to an aromatic ring is 1. The van der Waals surface area contributed by atoms with Crippen molar-refractivity contribution < 1.29 is 9.90 Å². The number of hydrogen-bond acceptors (Lipinski definition) is 6. The van der Waals surface area contributed by atoms with Gasteiger partial charge in [-0.2, -0.15) is 9.78 Å². The Morgan fingerprint density at radius 2 is 1.77 bits per heavy atom. The topological polar surface area (TPSA) is 118 Å². The first-order valence-electron chi connectivity index (χ1n) is 10.9. The minimum Gasteiger partial charge on any atom is -0.507 e. The maximum absolute atomic E-state index is 13.2. The van der Waals surface area contributed by atoms with Crippen LogP contribution in [0.1, 0.15) is 21.5 Å². The van der Waals surface area contributed by atoms with Crippen molar-refractivity contribution in [3.05, 3.63) is 94.0 Å². The second kappa shape index (κ2) is 9.55. The number of halogens is 1. The van der Waals surface area contributed by atoms with Gasteiger partial charge in [0.15, 0.2) is 5.65 Å². The number of nitrogens with one attached hydrogen (secondary N) is 1. The Kier molecular flexibility index (Phi) is 6.15. The van der Waals surface area contributed by atoms with E-state index in [4.69, 9.17) is 5.73 Å². The van der Waals surface area contributed by atoms with E-state index in [0.717, 1.165) is 10.0 Å². The average Bonchev–Trinajstić information content (AvgIpc) is 3.13. The van der Waals surface area contributed by atoms with Gasteiger partial charge in [-0.15, -0.1) is 0 Å². The number of phenolic OH excluding ortho intramolecular Hbond substituents is 1. The summed E-state index contributed by atoms with van der Waals surface area (Å²) < 4.78 is 2.16. The molecule has 0 saturated heterocycles. The minimum absolute atomic E-state index is 0.0578. The quantitative estimate of drug-likeness (QED) is 0.280. The Hall–Kier alpha value is -4.24. The van der Waals surface area contributed by atoms with E-state index in [2.05, 4.69) is 36.3 Å². The number of amides is 1. The standard InChI is InChI=1S/C26H21BrN6O2/c27-18-10-11-21(34)17(14-18)15-30-33-24(28)22(26(35)29-13-12-16-6-2-1-3-7-16)23-25(33)32-20-9-5-4-8-19(20)31-23/h1-11,14-15,34H,12-13,28H2,(H,29,35)/b30-15-. The second-order valence-corrected chi connectivity index (χ2v) is 8.81. The molecule has 1 amide bonds. The van der Waals surface area contributed by atoms with Crippen LogP contribution in [0.2, 0.25) is 0 Å². The molecule has 2 aromatic heterocycles. The number of para-hydroxylation sites is 2. The first-order chi connectivity index (χ1) is 17.0. The summed E-state index contributed by atoms with van der Waals surface area (Å²) in [5, 5.41) is 17.6. The fourth-order valence-electron chi connectivity index (χ4n) is 3.79. The molecule has 0 spiro atoms. The molecule has 0 saturated carbocycles. The van der Waals surface area contributed by atoms with E-state index in [1.54, 1.807) is 18.2 Å². The lowest BCUT2D eigenvalue weighted by atomic mass is 10.1. The number of rotatable bonds is 6. The molecular weight excluding hydrogens is 508 g/mol. The molecule has 0 bridgehead atoms. The number of carbonyl (C=O) groups excluding carboxylic acids is 1. The van der Waals surface area contributed by atoms with Crippen LogP contribution in [-0.4, -0.2) is 38.4 Å². The molecule has 0 unspecified atom stereocenters. The maximum atomic E-state index is 13.2. The van der Waals surface area contributed by atoms with Crippen LogP contribution in [0.4, 0.5) is 5.82 Å². The van der Waals surface area contributed by atoms with Crippen LogP contribution in [0, 0.1) is 0 Å². The van der Waals surface area contributed by atoms with E-state index >= 15 is 0 Å². The molecule has 0 aliphatic heterocycles. The molecule has 9 heteroatoms. The van der Waals surface area contributed by atoms with Crippen LogP contribution >= 0.6 is 15.9 Å². The summed E-state index contributed by atoms with van der Waals surface area (Å²) in [6.45, 7) is 0.436. The Bertz CT molecular complexity index is 1580. The number of carbonyl (C=O) groups is 1. The molecule has 35 heavy (non-hydrogen) atoms. The lowest BCUT2D eigenvalue weighted by molar-refractivity contribution is 0.0956. The number of nitrogens with zero attached hydrogens (tertiary/aromatic N) is 4. The van der Waals surface area contributed by atoms with Crippen LogP contribution in [0.3, 0.4) is 0 Å². The number of benzene rings is 3. The third-order valence-electron chi connectivity index (χ3n) is 5.54. The third-order valence-corrected chi connectivity index (χ3v) is 6.04. The van der Waals surface area contributed by atoms with E-state index < -0.39 is 0 Å². The van der Waals surface area contributed by atoms with Gasteiger partial charge in [-0.1, -0.05) is 58.4 Å². The SMILES string of the molecule is Nc1c(C(=O)NCCc2ccccc2)c2nc3ccccc3nc2n1/N=C\c1cc(Br)ccc1O. The molecule has 0 aliphatic rings. The highest BCUT2D eigenvalue weighted by atomic mass is 79.9. The fourth-order valence-corrected chi connectivity index (χ4v) is 4.17. The molecule has 5 rings (SSSR count). The summed E-state index contributed by atoms with van der Waals surface area (Å²) in [7, 11) is 0. The molecular formula is C26H21BrN6O2. The van der Waals surface area contributed by atoms with Crippen molar-refractivity contribution in [1.82, 2.24) is 20.0 Å². The van der Waals surface area contributed by atoms with E-state index in [1.807, 2.05) is 54.6 Å². The number of fused-ring (bicyclic) bond motifs is 2. The van der Waals surface area contributed by atoms with Crippen molar-refractivity contribution in [1.29, 1.82) is 0 Å². The highest BCUT2D eigenvalue weighted by molar-refractivity contribution is 9.10. The van der Waals surface area contributed by atoms with Crippen LogP contribution in [0.25, 0.3) is 22.2 Å². The highest BCUT2D eigenvalue weighted by Gasteiger charge is 2.24. The van der Waals surface area contributed by atoms with Crippen molar-refractivity contribution in [3.63, 3.8) is 0 Å². The summed E-state index contributed by atoms with van der Waals surface area (Å²) in [6, 6.07) is 22.3. The van der Waals surface area contributed by atoms with Crippen molar-refractivity contribution in [2.75, 3.05) is 12.3 Å². The largest absolute Gasteiger partial charge is 0.507 e. The van der Waals surface area contributed by atoms with E-state index in [1.165, 1.54) is 10.9 Å². The van der Waals surface area contributed by atoms with Gasteiger partial charge in [0.1, 0.15) is 22.6 Å². The zero-order valence-corrected chi connectivity index (χ0v) is 20.1. The molecule has 3 aromatic carbocycles. The fraction of sp³-hybridized carbons (Fsp3) is 0.0769. The summed E-state index contributed by atoms with van der Waals surface area (Å²) in [5.41, 5.74) is 10.2. The third kappa shape index (κ3) is 4.58. The van der Waals surface area contributed by atoms with E-state index in [9.17, 15) is 9.90 Å². The smallest absolute Gasteiger partial charge is 0.257 e. The number of anilines is 1. The molecule has 4 N–H and O–H groups in total. The van der Waals surface area contributed by atoms with Gasteiger partial charge >= 0.3 is 0 Å². The number of nitrogens with two attached hydrogens (primary N) is 1. The molecule has 0 fully saturated rings. The minimum atomic E-state index is -0.354. The average molecular weight is 529 g/mol. The number of phenols is 1. The zero-order valence-electron chi connectivity index (χ0n) is 18.5. The first kappa shape index (κ1) is 22.5. The molecule has 0 atom stereocenters. The monoisotopic (exact) mass is 528 g/mol. The van der Waals surface area contributed by atoms with Crippen molar-refractivity contribution in [2.24, 2.45) is 5.10 Å². The number of hydrogen-bond donors (Lipinski definition) is 3. The Balaban J connectivity index is 1.55. The normalized spacial score (nSPS) is 11.5. The molecule has 174 valence electrons. The van der Waals surface area contributed by atoms with Crippen LogP contribution in [-0.2, 0) is 6.42 Å². The van der Waals surface area contributed by atoms with Crippen LogP contribution in [0.15, 0.2) is 82.4 Å². The Morgan fingerprint density at radius 1 is 1.06 bits per heavy atom. The van der Waals surface area contributed by atoms with Gasteiger partial charge in [0.25, 0.3) is 5.91 Å². The van der Waals surface area contributed by atoms with Gasteiger partial charge in [-0.3, -0.25) is 4.79 Å². The predicted molar refractivity (Wildman–Crippen MR) is 141 cm³/mol. The molecule has 2 heterocycles. The van der Waals surface area contributed by atoms with E-state index in [-0.39, 0.29) is 23.0 Å². The number of aromatic hydroxyl groups is 1. The predicted octanol–water partition coefficient (Wildman–Crippen LogP) is 4.49. The Labute approximate surface area is 209 Å². The lowest BCUT2D eigenvalue weighted by Gasteiger charge is -2.06. The Morgan fingerprint density at radius 3 is 2.54 bits per heavy atom. The van der Waals surface area contributed by atoms with Gasteiger partial charge in [0.05, 0.1) is 17.2 Å². The zero-order chi connectivity index (χ0) is 24.4. The maximum Gasteiger partial charge on any atom is 0.257 e. The lowest BCUT2D eigenvalue weighted by Crippen LogP contribution is -2.26. The summed E-state index contributed by atoms with van der Waals surface area (Å²) >= 11 is 3.39. The van der Waals surface area contributed by atoms with Crippen molar-refractivity contribution in [3.8, 4) is 5.75 Å². The van der Waals surface area contributed by atoms with E-state index in [0.29, 0.717) is 40.7 Å². The van der Waals surface area contributed by atoms with Gasteiger partial charge < -0.3 is 16.2 Å². The van der Waals surface area contributed by atoms with Gasteiger partial charge in [0.2, 0.25) is 0 Å². The number of aromatic nitrogens is 3. The summed E-state index contributed by atoms with van der Waals surface area (Å²) in [5.74, 6) is -0.187. The summed E-state index contributed by atoms with van der Waals surface area (Å²) in [6.07, 6.45) is 2.14. The van der Waals surface area contributed by atoms with Crippen molar-refractivity contribution in [2.45, 2.75) is 6.42 Å². The highest BCUT2D eigenvalue weighted by Crippen LogP contribution is 2.28. The van der Waals surface area contributed by atoms with Gasteiger partial charge in [-0.05, 0) is 42.3 Å². The molecule has 8 nitrogen and oxygen atoms in total. The summed E-state index contributed by atoms with van der Waals surface area (Å²) in [4.78, 5) is 22.6. The molecule has 5 aromatic rings. The van der Waals surface area contributed by atoms with Crippen molar-refractivity contribution >= 4 is 56.1 Å². The van der Waals surface area contributed by atoms with Gasteiger partial charge in [0, 0.05) is 16.6 Å². The van der Waals surface area contributed by atoms with Crippen LogP contribution < -0.4 is 11.1 Å². The molecule has 0 radical (unpaired) electrons. The second-order valence-electron chi connectivity index (χ2n) is 7.90. The van der Waals surface area contributed by atoms with Gasteiger partial charge in [-0.25, -0.2) is 9.97 Å². The molecule has 0 aliphatic carbocycles.